The number of rotatable bonds is 5. The number of imide groups is 2. The summed E-state index contributed by atoms with van der Waals surface area (Å²) in [5.74, 6) is 0.138. The van der Waals surface area contributed by atoms with Crippen molar-refractivity contribution in [3.05, 3.63) is 0 Å². The van der Waals surface area contributed by atoms with Crippen LogP contribution in [0.25, 0.3) is 0 Å². The highest BCUT2D eigenvalue weighted by Gasteiger charge is 2.52. The van der Waals surface area contributed by atoms with E-state index in [0.29, 0.717) is 57.1 Å². The summed E-state index contributed by atoms with van der Waals surface area (Å²) in [6.45, 7) is 5.58. The van der Waals surface area contributed by atoms with Gasteiger partial charge in [0.05, 0.1) is 25.8 Å². The Labute approximate surface area is 189 Å². The second kappa shape index (κ2) is 8.74. The molecule has 5 atom stereocenters. The van der Waals surface area contributed by atoms with Gasteiger partial charge in [0, 0.05) is 25.7 Å². The summed E-state index contributed by atoms with van der Waals surface area (Å²) in [4.78, 5) is 57.7. The molecule has 9 nitrogen and oxygen atoms in total. The molecule has 0 unspecified atom stereocenters. The first-order valence-corrected chi connectivity index (χ1v) is 12.2. The van der Waals surface area contributed by atoms with Crippen LogP contribution in [0.4, 0.5) is 4.79 Å². The van der Waals surface area contributed by atoms with Crippen molar-refractivity contribution < 1.29 is 23.9 Å². The summed E-state index contributed by atoms with van der Waals surface area (Å²) < 4.78 is 5.34. The standard InChI is InChI=1S/C23H34N4O5/c1-15(19-12-16-4-5-17(19)11-16)27-22(30)21(29)26(23(27)31)14-24-6-2-3-18(13-24)20(28)25-7-9-32-10-8-25/h15-19H,2-14H2,1H3/t15-,16+,17+,18+,19+/m1/s1. The molecule has 5 amide bonds. The van der Waals surface area contributed by atoms with Crippen LogP contribution < -0.4 is 0 Å². The maximum absolute atomic E-state index is 13.2. The maximum Gasteiger partial charge on any atom is 0.335 e. The lowest BCUT2D eigenvalue weighted by Crippen LogP contribution is -2.51. The van der Waals surface area contributed by atoms with E-state index in [1.807, 2.05) is 16.7 Å². The van der Waals surface area contributed by atoms with Crippen molar-refractivity contribution in [1.29, 1.82) is 0 Å². The Balaban J connectivity index is 1.22. The van der Waals surface area contributed by atoms with E-state index in [4.69, 9.17) is 4.74 Å². The number of carbonyl (C=O) groups excluding carboxylic acids is 4. The normalized spacial score (nSPS) is 34.7. The molecule has 176 valence electrons. The predicted molar refractivity (Wildman–Crippen MR) is 114 cm³/mol. The number of nitrogens with zero attached hydrogens (tertiary/aromatic N) is 4. The first kappa shape index (κ1) is 21.8. The number of morpholine rings is 1. The van der Waals surface area contributed by atoms with Crippen LogP contribution >= 0.6 is 0 Å². The van der Waals surface area contributed by atoms with Gasteiger partial charge in [-0.3, -0.25) is 24.2 Å². The van der Waals surface area contributed by atoms with E-state index in [2.05, 4.69) is 0 Å². The maximum atomic E-state index is 13.2. The molecule has 5 fully saturated rings. The van der Waals surface area contributed by atoms with E-state index in [-0.39, 0.29) is 24.5 Å². The lowest BCUT2D eigenvalue weighted by atomic mass is 9.83. The zero-order valence-corrected chi connectivity index (χ0v) is 18.9. The molecular formula is C23H34N4O5. The summed E-state index contributed by atoms with van der Waals surface area (Å²) in [5, 5.41) is 0. The fourth-order valence-electron chi connectivity index (χ4n) is 6.71. The van der Waals surface area contributed by atoms with Crippen LogP contribution in [0.1, 0.15) is 45.4 Å². The molecule has 0 N–H and O–H groups in total. The van der Waals surface area contributed by atoms with Crippen LogP contribution in [0, 0.1) is 23.7 Å². The fraction of sp³-hybridized carbons (Fsp3) is 0.826. The molecule has 2 saturated carbocycles. The minimum atomic E-state index is -0.730. The Morgan fingerprint density at radius 2 is 1.81 bits per heavy atom. The minimum Gasteiger partial charge on any atom is -0.378 e. The number of hydrogen-bond acceptors (Lipinski definition) is 6. The molecule has 0 aromatic carbocycles. The van der Waals surface area contributed by atoms with Gasteiger partial charge in [-0.25, -0.2) is 9.69 Å². The number of piperidine rings is 1. The number of hydrogen-bond donors (Lipinski definition) is 0. The molecule has 3 heterocycles. The summed E-state index contributed by atoms with van der Waals surface area (Å²) in [6.07, 6.45) is 6.29. The molecule has 0 radical (unpaired) electrons. The van der Waals surface area contributed by atoms with Crippen molar-refractivity contribution in [1.82, 2.24) is 19.6 Å². The number of carbonyl (C=O) groups is 4. The van der Waals surface area contributed by atoms with Crippen molar-refractivity contribution in [3.63, 3.8) is 0 Å². The van der Waals surface area contributed by atoms with Gasteiger partial charge in [0.15, 0.2) is 0 Å². The zero-order chi connectivity index (χ0) is 22.4. The average molecular weight is 447 g/mol. The lowest BCUT2D eigenvalue weighted by Gasteiger charge is -2.37. The van der Waals surface area contributed by atoms with Gasteiger partial charge < -0.3 is 9.64 Å². The van der Waals surface area contributed by atoms with Gasteiger partial charge in [0.2, 0.25) is 5.91 Å². The zero-order valence-electron chi connectivity index (χ0n) is 18.9. The van der Waals surface area contributed by atoms with E-state index in [0.717, 1.165) is 24.2 Å². The van der Waals surface area contributed by atoms with Crippen LogP contribution in [0.15, 0.2) is 0 Å². The van der Waals surface area contributed by atoms with Gasteiger partial charge >= 0.3 is 17.8 Å². The number of likely N-dealkylation sites (tertiary alicyclic amines) is 1. The molecule has 2 bridgehead atoms. The Morgan fingerprint density at radius 1 is 1.03 bits per heavy atom. The fourth-order valence-corrected chi connectivity index (χ4v) is 6.71. The first-order chi connectivity index (χ1) is 15.4. The van der Waals surface area contributed by atoms with Crippen LogP contribution in [0.3, 0.4) is 0 Å². The number of amides is 5. The Bertz CT molecular complexity index is 797. The van der Waals surface area contributed by atoms with E-state index in [9.17, 15) is 19.2 Å². The molecule has 9 heteroatoms. The van der Waals surface area contributed by atoms with E-state index in [1.54, 1.807) is 0 Å². The van der Waals surface area contributed by atoms with E-state index >= 15 is 0 Å². The van der Waals surface area contributed by atoms with Gasteiger partial charge in [0.1, 0.15) is 0 Å². The topological polar surface area (TPSA) is 90.5 Å². The Kier molecular flexibility index (Phi) is 5.96. The van der Waals surface area contributed by atoms with Crippen molar-refractivity contribution in [2.75, 3.05) is 46.1 Å². The molecule has 5 rings (SSSR count). The molecular weight excluding hydrogens is 412 g/mol. The first-order valence-electron chi connectivity index (χ1n) is 12.2. The van der Waals surface area contributed by atoms with Crippen LogP contribution in [0.5, 0.6) is 0 Å². The molecule has 3 aliphatic heterocycles. The second-order valence-corrected chi connectivity index (χ2v) is 10.3. The molecule has 5 aliphatic rings. The van der Waals surface area contributed by atoms with E-state index in [1.165, 1.54) is 24.2 Å². The smallest absolute Gasteiger partial charge is 0.335 e. The third kappa shape index (κ3) is 3.83. The molecule has 2 aliphatic carbocycles. The summed E-state index contributed by atoms with van der Waals surface area (Å²) in [5.41, 5.74) is 0. The highest BCUT2D eigenvalue weighted by molar-refractivity contribution is 6.44. The minimum absolute atomic E-state index is 0.0796. The molecule has 3 saturated heterocycles. The second-order valence-electron chi connectivity index (χ2n) is 10.3. The Morgan fingerprint density at radius 3 is 2.50 bits per heavy atom. The van der Waals surface area contributed by atoms with Gasteiger partial charge in [-0.1, -0.05) is 6.42 Å². The molecule has 0 aromatic rings. The molecule has 0 aromatic heterocycles. The van der Waals surface area contributed by atoms with Gasteiger partial charge in [-0.2, -0.15) is 0 Å². The lowest BCUT2D eigenvalue weighted by molar-refractivity contribution is -0.145. The van der Waals surface area contributed by atoms with E-state index < -0.39 is 17.8 Å². The third-order valence-corrected chi connectivity index (χ3v) is 8.42. The molecule has 0 spiro atoms. The highest BCUT2D eigenvalue weighted by atomic mass is 16.5. The highest BCUT2D eigenvalue weighted by Crippen LogP contribution is 2.50. The van der Waals surface area contributed by atoms with Crippen LogP contribution in [-0.2, 0) is 19.1 Å². The average Bonchev–Trinajstić information content (AvgIpc) is 3.50. The predicted octanol–water partition coefficient (Wildman–Crippen LogP) is 1.13. The number of ether oxygens (including phenoxy) is 1. The Hall–Kier alpha value is -2.00. The quantitative estimate of drug-likeness (QED) is 0.465. The monoisotopic (exact) mass is 446 g/mol. The molecule has 32 heavy (non-hydrogen) atoms. The van der Waals surface area contributed by atoms with Gasteiger partial charge in [-0.15, -0.1) is 0 Å². The summed E-state index contributed by atoms with van der Waals surface area (Å²) in [7, 11) is 0. The SMILES string of the molecule is C[C@H]([C@@H]1C[C@H]2CC[C@H]1C2)N1C(=O)C(=O)N(CN2CCC[C@H](C(=O)N3CCOCC3)C2)C1=O. The van der Waals surface area contributed by atoms with Crippen molar-refractivity contribution in [3.8, 4) is 0 Å². The van der Waals surface area contributed by atoms with Crippen LogP contribution in [0.2, 0.25) is 0 Å². The number of fused-ring (bicyclic) bond motifs is 2. The summed E-state index contributed by atoms with van der Waals surface area (Å²) >= 11 is 0. The third-order valence-electron chi connectivity index (χ3n) is 8.42. The van der Waals surface area contributed by atoms with Crippen molar-refractivity contribution in [2.24, 2.45) is 23.7 Å². The van der Waals surface area contributed by atoms with Crippen molar-refractivity contribution >= 4 is 23.8 Å². The van der Waals surface area contributed by atoms with Crippen molar-refractivity contribution in [2.45, 2.75) is 51.5 Å². The van der Waals surface area contributed by atoms with Gasteiger partial charge in [-0.05, 0) is 63.3 Å². The summed E-state index contributed by atoms with van der Waals surface area (Å²) in [6, 6.07) is -0.729. The van der Waals surface area contributed by atoms with Gasteiger partial charge in [0.25, 0.3) is 0 Å². The van der Waals surface area contributed by atoms with Crippen LogP contribution in [-0.4, -0.2) is 95.5 Å². The number of urea groups is 1. The largest absolute Gasteiger partial charge is 0.378 e.